The molecule has 1 rings (SSSR count). The van der Waals surface area contributed by atoms with Gasteiger partial charge in [0.05, 0.1) is 12.0 Å². The molecule has 0 bridgehead atoms. The Kier molecular flexibility index (Phi) is 2.67. The molecular weight excluding hydrogens is 226 g/mol. The van der Waals surface area contributed by atoms with Crippen LogP contribution >= 0.6 is 27.3 Å². The second kappa shape index (κ2) is 3.36. The van der Waals surface area contributed by atoms with Gasteiger partial charge >= 0.3 is 0 Å². The van der Waals surface area contributed by atoms with Gasteiger partial charge in [-0.05, 0) is 28.9 Å². The number of aryl methyl sites for hydroxylation is 1. The predicted molar refractivity (Wildman–Crippen MR) is 50.6 cm³/mol. The van der Waals surface area contributed by atoms with Crippen molar-refractivity contribution < 1.29 is 4.74 Å². The molecule has 0 saturated heterocycles. The molecule has 0 radical (unpaired) electrons. The lowest BCUT2D eigenvalue weighted by Gasteiger charge is -1.95. The first-order chi connectivity index (χ1) is 5.15. The zero-order valence-corrected chi connectivity index (χ0v) is 8.67. The molecule has 0 saturated carbocycles. The summed E-state index contributed by atoms with van der Waals surface area (Å²) in [5.41, 5.74) is 0. The summed E-state index contributed by atoms with van der Waals surface area (Å²) in [4.78, 5) is 2.03. The fourth-order valence-corrected chi connectivity index (χ4v) is 2.13. The van der Waals surface area contributed by atoms with Crippen LogP contribution in [0.15, 0.2) is 10.5 Å². The van der Waals surface area contributed by atoms with E-state index in [2.05, 4.69) is 15.9 Å². The van der Waals surface area contributed by atoms with E-state index < -0.39 is 0 Å². The molecule has 4 heteroatoms. The molecule has 11 heavy (non-hydrogen) atoms. The number of ether oxygens (including phenoxy) is 1. The molecule has 0 unspecified atom stereocenters. The topological polar surface area (TPSA) is 33.1 Å². The maximum Gasteiger partial charge on any atom is 0.223 e. The first-order valence-electron chi connectivity index (χ1n) is 3.04. The highest BCUT2D eigenvalue weighted by atomic mass is 79.9. The number of halogens is 1. The van der Waals surface area contributed by atoms with E-state index in [1.54, 1.807) is 11.3 Å². The average Bonchev–Trinajstić information content (AvgIpc) is 2.31. The van der Waals surface area contributed by atoms with E-state index in [1.807, 2.05) is 13.0 Å². The summed E-state index contributed by atoms with van der Waals surface area (Å²) in [5, 5.41) is 7.36. The van der Waals surface area contributed by atoms with Gasteiger partial charge in [-0.3, -0.25) is 5.41 Å². The fraction of sp³-hybridized carbons (Fsp3) is 0.286. The Hall–Kier alpha value is -0.350. The van der Waals surface area contributed by atoms with Crippen molar-refractivity contribution in [3.05, 3.63) is 20.3 Å². The second-order valence-electron chi connectivity index (χ2n) is 2.05. The van der Waals surface area contributed by atoms with E-state index in [0.717, 1.165) is 9.35 Å². The Morgan fingerprint density at radius 2 is 2.36 bits per heavy atom. The lowest BCUT2D eigenvalue weighted by Crippen LogP contribution is -1.96. The Morgan fingerprint density at radius 3 is 2.73 bits per heavy atom. The zero-order chi connectivity index (χ0) is 8.43. The van der Waals surface area contributed by atoms with Crippen molar-refractivity contribution in [1.29, 1.82) is 5.41 Å². The van der Waals surface area contributed by atoms with Crippen LogP contribution in [0.1, 0.15) is 9.75 Å². The highest BCUT2D eigenvalue weighted by Crippen LogP contribution is 2.26. The minimum absolute atomic E-state index is 0.226. The molecule has 60 valence electrons. The first-order valence-corrected chi connectivity index (χ1v) is 4.65. The van der Waals surface area contributed by atoms with Gasteiger partial charge in [-0.1, -0.05) is 0 Å². The van der Waals surface area contributed by atoms with Gasteiger partial charge in [-0.25, -0.2) is 0 Å². The van der Waals surface area contributed by atoms with Gasteiger partial charge in [0.25, 0.3) is 0 Å². The lowest BCUT2D eigenvalue weighted by atomic mass is 10.4. The van der Waals surface area contributed by atoms with Crippen molar-refractivity contribution in [2.45, 2.75) is 6.92 Å². The minimum atomic E-state index is 0.226. The molecule has 0 aliphatic heterocycles. The van der Waals surface area contributed by atoms with Crippen LogP contribution in [0.5, 0.6) is 0 Å². The van der Waals surface area contributed by atoms with Crippen LogP contribution in [0.3, 0.4) is 0 Å². The maximum absolute atomic E-state index is 7.36. The van der Waals surface area contributed by atoms with Crippen LogP contribution < -0.4 is 0 Å². The number of hydrogen-bond acceptors (Lipinski definition) is 3. The Bertz CT molecular complexity index is 262. The second-order valence-corrected chi connectivity index (χ2v) is 4.16. The van der Waals surface area contributed by atoms with Crippen LogP contribution in [0.2, 0.25) is 0 Å². The summed E-state index contributed by atoms with van der Waals surface area (Å²) < 4.78 is 5.82. The highest BCUT2D eigenvalue weighted by molar-refractivity contribution is 9.10. The monoisotopic (exact) mass is 233 g/mol. The summed E-state index contributed by atoms with van der Waals surface area (Å²) in [6.07, 6.45) is 0. The van der Waals surface area contributed by atoms with E-state index in [1.165, 1.54) is 12.0 Å². The number of hydrogen-bond donors (Lipinski definition) is 1. The van der Waals surface area contributed by atoms with Crippen molar-refractivity contribution in [1.82, 2.24) is 0 Å². The average molecular weight is 234 g/mol. The highest BCUT2D eigenvalue weighted by Gasteiger charge is 2.06. The summed E-state index contributed by atoms with van der Waals surface area (Å²) in [5.74, 6) is 0.226. The molecule has 0 amide bonds. The summed E-state index contributed by atoms with van der Waals surface area (Å²) >= 11 is 4.92. The normalized spacial score (nSPS) is 9.73. The van der Waals surface area contributed by atoms with Crippen LogP contribution in [0.4, 0.5) is 0 Å². The van der Waals surface area contributed by atoms with Crippen molar-refractivity contribution in [2.75, 3.05) is 7.11 Å². The molecule has 0 atom stereocenters. The molecule has 0 spiro atoms. The molecule has 0 fully saturated rings. The minimum Gasteiger partial charge on any atom is -0.480 e. The van der Waals surface area contributed by atoms with Gasteiger partial charge in [0.15, 0.2) is 0 Å². The van der Waals surface area contributed by atoms with E-state index in [4.69, 9.17) is 10.1 Å². The Morgan fingerprint density at radius 1 is 1.73 bits per heavy atom. The number of nitrogens with one attached hydrogen (secondary N) is 1. The van der Waals surface area contributed by atoms with E-state index in [-0.39, 0.29) is 5.90 Å². The summed E-state index contributed by atoms with van der Waals surface area (Å²) in [6.45, 7) is 2.00. The predicted octanol–water partition coefficient (Wildman–Crippen LogP) is 2.79. The van der Waals surface area contributed by atoms with E-state index in [9.17, 15) is 0 Å². The van der Waals surface area contributed by atoms with Gasteiger partial charge in [-0.15, -0.1) is 11.3 Å². The SMILES string of the molecule is COC(=N)c1cc(Br)c(C)s1. The number of thiophene rings is 1. The van der Waals surface area contributed by atoms with Gasteiger partial charge in [0, 0.05) is 9.35 Å². The molecule has 1 aromatic rings. The summed E-state index contributed by atoms with van der Waals surface area (Å²) in [7, 11) is 1.51. The van der Waals surface area contributed by atoms with Gasteiger partial charge in [0.2, 0.25) is 5.90 Å². The number of methoxy groups -OCH3 is 1. The molecule has 0 aliphatic rings. The van der Waals surface area contributed by atoms with E-state index >= 15 is 0 Å². The third-order valence-electron chi connectivity index (χ3n) is 1.29. The Labute approximate surface area is 77.8 Å². The smallest absolute Gasteiger partial charge is 0.223 e. The molecule has 0 aromatic carbocycles. The van der Waals surface area contributed by atoms with Crippen LogP contribution in [-0.4, -0.2) is 13.0 Å². The van der Waals surface area contributed by atoms with Crippen molar-refractivity contribution in [3.8, 4) is 0 Å². The largest absolute Gasteiger partial charge is 0.480 e. The standard InChI is InChI=1S/C7H8BrNOS/c1-4-5(8)3-6(11-4)7(9)10-2/h3,9H,1-2H3. The van der Waals surface area contributed by atoms with Crippen molar-refractivity contribution >= 4 is 33.2 Å². The van der Waals surface area contributed by atoms with Crippen molar-refractivity contribution in [2.24, 2.45) is 0 Å². The third-order valence-corrected chi connectivity index (χ3v) is 3.42. The molecular formula is C7H8BrNOS. The van der Waals surface area contributed by atoms with Gasteiger partial charge in [-0.2, -0.15) is 0 Å². The van der Waals surface area contributed by atoms with Crippen LogP contribution in [0.25, 0.3) is 0 Å². The molecule has 1 aromatic heterocycles. The number of rotatable bonds is 1. The quantitative estimate of drug-likeness (QED) is 0.588. The fourth-order valence-electron chi connectivity index (χ4n) is 0.672. The Balaban J connectivity index is 2.97. The lowest BCUT2D eigenvalue weighted by molar-refractivity contribution is 0.402. The summed E-state index contributed by atoms with van der Waals surface area (Å²) in [6, 6.07) is 1.89. The van der Waals surface area contributed by atoms with Gasteiger partial charge in [0.1, 0.15) is 0 Å². The van der Waals surface area contributed by atoms with Gasteiger partial charge < -0.3 is 4.74 Å². The molecule has 0 aliphatic carbocycles. The van der Waals surface area contributed by atoms with Crippen LogP contribution in [-0.2, 0) is 4.74 Å². The molecule has 1 heterocycles. The third kappa shape index (κ3) is 1.81. The first kappa shape index (κ1) is 8.74. The molecule has 2 nitrogen and oxygen atoms in total. The zero-order valence-electron chi connectivity index (χ0n) is 6.27. The van der Waals surface area contributed by atoms with Crippen LogP contribution in [0, 0.1) is 12.3 Å². The maximum atomic E-state index is 7.36. The van der Waals surface area contributed by atoms with E-state index in [0.29, 0.717) is 0 Å². The molecule has 1 N–H and O–H groups in total. The van der Waals surface area contributed by atoms with Crippen molar-refractivity contribution in [3.63, 3.8) is 0 Å².